The molecule has 8 nitrogen and oxygen atoms in total. The molecule has 0 radical (unpaired) electrons. The molecule has 0 amide bonds. The van der Waals surface area contributed by atoms with Crippen molar-refractivity contribution < 1.29 is 0 Å². The van der Waals surface area contributed by atoms with Gasteiger partial charge in [-0.1, -0.05) is 48.9 Å². The number of nitrogens with zero attached hydrogens (tertiary/aromatic N) is 6. The van der Waals surface area contributed by atoms with Crippen molar-refractivity contribution in [2.45, 2.75) is 58.8 Å². The van der Waals surface area contributed by atoms with Gasteiger partial charge >= 0.3 is 0 Å². The number of tetrazole rings is 1. The van der Waals surface area contributed by atoms with Gasteiger partial charge in [-0.3, -0.25) is 14.7 Å². The largest absolute Gasteiger partial charge is 0.322 e. The fourth-order valence-corrected chi connectivity index (χ4v) is 5.04. The number of halogens is 1. The summed E-state index contributed by atoms with van der Waals surface area (Å²) >= 11 is 6.64. The first-order valence-electron chi connectivity index (χ1n) is 13.1. The Labute approximate surface area is 232 Å². The lowest BCUT2D eigenvalue weighted by molar-refractivity contribution is 0.184. The molecule has 0 bridgehead atoms. The van der Waals surface area contributed by atoms with E-state index in [9.17, 15) is 4.79 Å². The third kappa shape index (κ3) is 5.77. The molecule has 0 saturated carbocycles. The van der Waals surface area contributed by atoms with Gasteiger partial charge in [0.25, 0.3) is 5.56 Å². The number of hydrogen-bond donors (Lipinski definition) is 1. The minimum atomic E-state index is -0.575. The number of pyridine rings is 2. The summed E-state index contributed by atoms with van der Waals surface area (Å²) in [6.45, 7) is 9.20. The first-order chi connectivity index (χ1) is 18.7. The van der Waals surface area contributed by atoms with Gasteiger partial charge in [-0.2, -0.15) is 0 Å². The van der Waals surface area contributed by atoms with Crippen molar-refractivity contribution in [1.29, 1.82) is 0 Å². The summed E-state index contributed by atoms with van der Waals surface area (Å²) in [5.41, 5.74) is 3.88. The van der Waals surface area contributed by atoms with Crippen molar-refractivity contribution in [2.24, 2.45) is 0 Å². The topological polar surface area (TPSA) is 92.6 Å². The summed E-state index contributed by atoms with van der Waals surface area (Å²) in [7, 11) is 0. The molecule has 3 heterocycles. The monoisotopic (exact) mass is 541 g/mol. The number of nitrogens with one attached hydrogen (secondary N) is 1. The number of hydrogen-bond acceptors (Lipinski definition) is 6. The highest BCUT2D eigenvalue weighted by atomic mass is 35.5. The molecule has 39 heavy (non-hydrogen) atoms. The average Bonchev–Trinajstić information content (AvgIpc) is 3.41. The number of H-pyrrole nitrogens is 1. The van der Waals surface area contributed by atoms with Crippen LogP contribution in [0.2, 0.25) is 5.02 Å². The molecule has 1 atom stereocenters. The molecule has 0 spiro atoms. The second kappa shape index (κ2) is 11.1. The molecule has 0 aliphatic carbocycles. The Bertz CT molecular complexity index is 1640. The second-order valence-electron chi connectivity index (χ2n) is 10.7. The molecule has 0 aliphatic heterocycles. The molecule has 0 saturated heterocycles. The van der Waals surface area contributed by atoms with Crippen LogP contribution in [-0.4, -0.2) is 35.1 Å². The van der Waals surface area contributed by atoms with Crippen molar-refractivity contribution in [3.8, 4) is 0 Å². The molecule has 0 aliphatic rings. The zero-order valence-electron chi connectivity index (χ0n) is 22.6. The van der Waals surface area contributed by atoms with Crippen LogP contribution in [0.25, 0.3) is 10.9 Å². The minimum absolute atomic E-state index is 0.185. The highest BCUT2D eigenvalue weighted by molar-refractivity contribution is 6.31. The van der Waals surface area contributed by atoms with E-state index in [0.717, 1.165) is 28.5 Å². The van der Waals surface area contributed by atoms with Crippen LogP contribution in [0, 0.1) is 0 Å². The molecule has 3 aromatic heterocycles. The van der Waals surface area contributed by atoms with Gasteiger partial charge in [0, 0.05) is 41.6 Å². The van der Waals surface area contributed by atoms with E-state index < -0.39 is 11.6 Å². The van der Waals surface area contributed by atoms with Gasteiger partial charge < -0.3 is 4.98 Å². The lowest BCUT2D eigenvalue weighted by Gasteiger charge is -2.33. The predicted molar refractivity (Wildman–Crippen MR) is 154 cm³/mol. The van der Waals surface area contributed by atoms with Crippen LogP contribution in [0.4, 0.5) is 0 Å². The van der Waals surface area contributed by atoms with E-state index in [1.165, 1.54) is 5.56 Å². The van der Waals surface area contributed by atoms with Crippen LogP contribution < -0.4 is 5.56 Å². The van der Waals surface area contributed by atoms with E-state index in [-0.39, 0.29) is 5.56 Å². The lowest BCUT2D eigenvalue weighted by atomic mass is 9.99. The smallest absolute Gasteiger partial charge is 0.253 e. The SMILES string of the molecule is CCc1ccc2[nH]c(=O)c([C@@H](c3nnnn3C(C)(C)C)N(Cc3cccnc3)Cc3ccccc3Cl)cc2c1. The van der Waals surface area contributed by atoms with Crippen LogP contribution in [0.3, 0.4) is 0 Å². The third-order valence-corrected chi connectivity index (χ3v) is 7.19. The normalized spacial score (nSPS) is 12.8. The Morgan fingerprint density at radius 1 is 1.03 bits per heavy atom. The molecule has 0 unspecified atom stereocenters. The Morgan fingerprint density at radius 2 is 1.85 bits per heavy atom. The molecule has 2 aromatic carbocycles. The van der Waals surface area contributed by atoms with Crippen molar-refractivity contribution in [2.75, 3.05) is 0 Å². The first-order valence-corrected chi connectivity index (χ1v) is 13.4. The molecule has 0 fully saturated rings. The Kier molecular flexibility index (Phi) is 7.59. The predicted octanol–water partition coefficient (Wildman–Crippen LogP) is 5.67. The number of aryl methyl sites for hydroxylation is 1. The summed E-state index contributed by atoms with van der Waals surface area (Å²) in [6.07, 6.45) is 4.48. The molecule has 5 rings (SSSR count). The van der Waals surface area contributed by atoms with Gasteiger partial charge in [0.15, 0.2) is 5.82 Å². The summed E-state index contributed by atoms with van der Waals surface area (Å²) in [5.74, 6) is 0.579. The molecule has 5 aromatic rings. The summed E-state index contributed by atoms with van der Waals surface area (Å²) in [6, 6.07) is 19.2. The highest BCUT2D eigenvalue weighted by Crippen LogP contribution is 2.33. The average molecular weight is 542 g/mol. The lowest BCUT2D eigenvalue weighted by Crippen LogP contribution is -2.37. The summed E-state index contributed by atoms with van der Waals surface area (Å²) in [5, 5.41) is 14.5. The molecule has 9 heteroatoms. The Morgan fingerprint density at radius 3 is 2.56 bits per heavy atom. The standard InChI is InChI=1S/C30H32ClN7O/c1-5-20-12-13-26-23(15-20)16-24(29(39)33-26)27(28-34-35-36-38(28)30(2,3)4)37(18-21-9-8-14-32-17-21)19-22-10-6-7-11-25(22)31/h6-17,27H,5,18-19H2,1-4H3,(H,33,39)/t27-/m0/s1. The highest BCUT2D eigenvalue weighted by Gasteiger charge is 2.34. The van der Waals surface area contributed by atoms with Crippen LogP contribution in [0.1, 0.15) is 61.8 Å². The Balaban J connectivity index is 1.75. The van der Waals surface area contributed by atoms with E-state index in [0.29, 0.717) is 29.5 Å². The maximum absolute atomic E-state index is 13.8. The maximum Gasteiger partial charge on any atom is 0.253 e. The van der Waals surface area contributed by atoms with Gasteiger partial charge in [-0.15, -0.1) is 5.10 Å². The summed E-state index contributed by atoms with van der Waals surface area (Å²) in [4.78, 5) is 23.4. The zero-order valence-corrected chi connectivity index (χ0v) is 23.4. The zero-order chi connectivity index (χ0) is 27.6. The van der Waals surface area contributed by atoms with Gasteiger partial charge in [0.05, 0.1) is 5.54 Å². The third-order valence-electron chi connectivity index (χ3n) is 6.82. The van der Waals surface area contributed by atoms with E-state index in [1.807, 2.05) is 81.6 Å². The summed E-state index contributed by atoms with van der Waals surface area (Å²) < 4.78 is 1.80. The first kappa shape index (κ1) is 26.7. The maximum atomic E-state index is 13.8. The van der Waals surface area contributed by atoms with Crippen LogP contribution in [0.5, 0.6) is 0 Å². The van der Waals surface area contributed by atoms with E-state index in [1.54, 1.807) is 10.9 Å². The van der Waals surface area contributed by atoms with Crippen molar-refractivity contribution >= 4 is 22.5 Å². The van der Waals surface area contributed by atoms with Gasteiger partial charge in [-0.05, 0) is 90.0 Å². The number of aromatic nitrogens is 6. The fourth-order valence-electron chi connectivity index (χ4n) is 4.85. The quantitative estimate of drug-likeness (QED) is 0.272. The van der Waals surface area contributed by atoms with Crippen molar-refractivity contribution in [1.82, 2.24) is 35.1 Å². The fraction of sp³-hybridized carbons (Fsp3) is 0.300. The molecule has 200 valence electrons. The minimum Gasteiger partial charge on any atom is -0.322 e. The van der Waals surface area contributed by atoms with Gasteiger partial charge in [0.2, 0.25) is 0 Å². The van der Waals surface area contributed by atoms with Crippen molar-refractivity contribution in [3.05, 3.63) is 117 Å². The second-order valence-corrected chi connectivity index (χ2v) is 11.1. The number of rotatable bonds is 8. The molecular weight excluding hydrogens is 510 g/mol. The van der Waals surface area contributed by atoms with Crippen LogP contribution >= 0.6 is 11.6 Å². The molecular formula is C30H32ClN7O. The molecule has 1 N–H and O–H groups in total. The van der Waals surface area contributed by atoms with Gasteiger partial charge in [-0.25, -0.2) is 4.68 Å². The van der Waals surface area contributed by atoms with Gasteiger partial charge in [0.1, 0.15) is 6.04 Å². The van der Waals surface area contributed by atoms with Crippen molar-refractivity contribution in [3.63, 3.8) is 0 Å². The number of aromatic amines is 1. The van der Waals surface area contributed by atoms with Crippen LogP contribution in [-0.2, 0) is 25.0 Å². The van der Waals surface area contributed by atoms with E-state index >= 15 is 0 Å². The Hall–Kier alpha value is -3.88. The van der Waals surface area contributed by atoms with E-state index in [4.69, 9.17) is 11.6 Å². The van der Waals surface area contributed by atoms with E-state index in [2.05, 4.69) is 43.4 Å². The number of fused-ring (bicyclic) bond motifs is 1. The number of benzene rings is 2. The van der Waals surface area contributed by atoms with Crippen LogP contribution in [0.15, 0.2) is 77.9 Å².